The van der Waals surface area contributed by atoms with Crippen LogP contribution < -0.4 is 5.32 Å². The molecule has 14 nitrogen and oxygen atoms in total. The minimum Gasteiger partial charge on any atom is -0.394 e. The first-order valence-electron chi connectivity index (χ1n) is 21.4. The topological polar surface area (TPSA) is 228 Å². The predicted molar refractivity (Wildman–Crippen MR) is 217 cm³/mol. The molecule has 0 aromatic rings. The zero-order valence-corrected chi connectivity index (χ0v) is 34.3. The van der Waals surface area contributed by atoms with Gasteiger partial charge >= 0.3 is 0 Å². The molecule has 12 atom stereocenters. The minimum atomic E-state index is -1.79. The molecular formula is C43H75NO13. The van der Waals surface area contributed by atoms with Crippen molar-refractivity contribution in [3.8, 4) is 0 Å². The summed E-state index contributed by atoms with van der Waals surface area (Å²) >= 11 is 0. The molecule has 2 saturated heterocycles. The Morgan fingerprint density at radius 3 is 1.89 bits per heavy atom. The van der Waals surface area contributed by atoms with Crippen LogP contribution in [0.1, 0.15) is 123 Å². The summed E-state index contributed by atoms with van der Waals surface area (Å²) in [5.41, 5.74) is 0. The zero-order chi connectivity index (χ0) is 41.8. The lowest BCUT2D eigenvalue weighted by Crippen LogP contribution is -2.65. The number of nitrogens with one attached hydrogen (secondary N) is 1. The number of aliphatic hydroxyl groups excluding tert-OH is 8. The first-order valence-corrected chi connectivity index (χ1v) is 21.4. The molecule has 12 unspecified atom stereocenters. The van der Waals surface area contributed by atoms with E-state index in [0.717, 1.165) is 70.6 Å². The molecule has 2 aliphatic heterocycles. The summed E-state index contributed by atoms with van der Waals surface area (Å²) in [5.74, 6) is -0.271. The van der Waals surface area contributed by atoms with Crippen molar-refractivity contribution in [2.24, 2.45) is 0 Å². The van der Waals surface area contributed by atoms with Gasteiger partial charge in [0.25, 0.3) is 0 Å². The molecular weight excluding hydrogens is 738 g/mol. The van der Waals surface area contributed by atoms with Crippen molar-refractivity contribution in [2.75, 3.05) is 19.8 Å². The van der Waals surface area contributed by atoms with Gasteiger partial charge in [0, 0.05) is 6.42 Å². The number of carbonyl (C=O) groups is 1. The number of hydrogen-bond donors (Lipinski definition) is 9. The minimum absolute atomic E-state index is 0.255. The molecule has 14 heteroatoms. The van der Waals surface area contributed by atoms with Crippen molar-refractivity contribution in [2.45, 2.75) is 197 Å². The fourth-order valence-electron chi connectivity index (χ4n) is 6.63. The molecule has 0 spiro atoms. The first kappa shape index (κ1) is 51.1. The van der Waals surface area contributed by atoms with Crippen LogP contribution in [0.2, 0.25) is 0 Å². The fourth-order valence-corrected chi connectivity index (χ4v) is 6.63. The lowest BCUT2D eigenvalue weighted by Gasteiger charge is -2.46. The Balaban J connectivity index is 1.95. The highest BCUT2D eigenvalue weighted by Gasteiger charge is 2.50. The Morgan fingerprint density at radius 1 is 0.632 bits per heavy atom. The maximum absolute atomic E-state index is 13.0. The number of allylic oxidation sites excluding steroid dienone is 7. The maximum atomic E-state index is 13.0. The smallest absolute Gasteiger partial charge is 0.220 e. The molecule has 0 aliphatic carbocycles. The Labute approximate surface area is 340 Å². The van der Waals surface area contributed by atoms with Gasteiger partial charge in [-0.1, -0.05) is 107 Å². The Bertz CT molecular complexity index is 1150. The maximum Gasteiger partial charge on any atom is 0.220 e. The summed E-state index contributed by atoms with van der Waals surface area (Å²) < 4.78 is 22.5. The molecule has 9 N–H and O–H groups in total. The molecule has 2 heterocycles. The average molecular weight is 814 g/mol. The lowest BCUT2D eigenvalue weighted by molar-refractivity contribution is -0.359. The number of hydrogen-bond acceptors (Lipinski definition) is 13. The molecule has 0 aromatic carbocycles. The molecule has 2 fully saturated rings. The third-order valence-corrected chi connectivity index (χ3v) is 10.2. The van der Waals surface area contributed by atoms with E-state index in [4.69, 9.17) is 18.9 Å². The van der Waals surface area contributed by atoms with Crippen molar-refractivity contribution in [1.29, 1.82) is 0 Å². The summed E-state index contributed by atoms with van der Waals surface area (Å²) in [6, 6.07) is -0.935. The second-order valence-corrected chi connectivity index (χ2v) is 15.1. The van der Waals surface area contributed by atoms with Gasteiger partial charge in [-0.2, -0.15) is 0 Å². The molecule has 0 bridgehead atoms. The van der Waals surface area contributed by atoms with Crippen LogP contribution in [0.4, 0.5) is 0 Å². The van der Waals surface area contributed by atoms with E-state index in [1.54, 1.807) is 6.08 Å². The van der Waals surface area contributed by atoms with Crippen molar-refractivity contribution < 1.29 is 64.6 Å². The number of aliphatic hydroxyl groups is 8. The molecule has 0 radical (unpaired) electrons. The Hall–Kier alpha value is -2.05. The molecule has 57 heavy (non-hydrogen) atoms. The van der Waals surface area contributed by atoms with Gasteiger partial charge in [-0.15, -0.1) is 0 Å². The SMILES string of the molecule is CCC/C=C\C/C=C\CCCCCCCC(=O)NC(COC1OC(CO)C(OC2OC(CO)C(O)C(O)C2O)C(O)C1O)C(O)/C=C/CC/C=C/CCCCCC. The number of rotatable bonds is 30. The number of amides is 1. The van der Waals surface area contributed by atoms with E-state index in [1.165, 1.54) is 19.3 Å². The molecule has 2 aliphatic rings. The van der Waals surface area contributed by atoms with Gasteiger partial charge in [0.1, 0.15) is 48.8 Å². The summed E-state index contributed by atoms with van der Waals surface area (Å²) in [5, 5.41) is 86.2. The Morgan fingerprint density at radius 2 is 1.21 bits per heavy atom. The monoisotopic (exact) mass is 814 g/mol. The summed E-state index contributed by atoms with van der Waals surface area (Å²) in [6.07, 6.45) is 16.0. The molecule has 0 saturated carbocycles. The van der Waals surface area contributed by atoms with Gasteiger partial charge in [-0.3, -0.25) is 4.79 Å². The van der Waals surface area contributed by atoms with E-state index >= 15 is 0 Å². The highest BCUT2D eigenvalue weighted by molar-refractivity contribution is 5.76. The van der Waals surface area contributed by atoms with Crippen LogP contribution in [-0.4, -0.2) is 140 Å². The van der Waals surface area contributed by atoms with Gasteiger partial charge in [0.05, 0.1) is 32.0 Å². The van der Waals surface area contributed by atoms with Crippen LogP contribution >= 0.6 is 0 Å². The van der Waals surface area contributed by atoms with Gasteiger partial charge in [0.15, 0.2) is 12.6 Å². The number of ether oxygens (including phenoxy) is 4. The van der Waals surface area contributed by atoms with E-state index < -0.39 is 86.8 Å². The van der Waals surface area contributed by atoms with Crippen LogP contribution in [0.15, 0.2) is 48.6 Å². The van der Waals surface area contributed by atoms with Crippen molar-refractivity contribution in [1.82, 2.24) is 5.32 Å². The van der Waals surface area contributed by atoms with Gasteiger partial charge < -0.3 is 65.1 Å². The first-order chi connectivity index (χ1) is 27.6. The summed E-state index contributed by atoms with van der Waals surface area (Å²) in [4.78, 5) is 13.0. The van der Waals surface area contributed by atoms with Gasteiger partial charge in [0.2, 0.25) is 5.91 Å². The van der Waals surface area contributed by atoms with Crippen molar-refractivity contribution in [3.63, 3.8) is 0 Å². The molecule has 1 amide bonds. The van der Waals surface area contributed by atoms with Crippen LogP contribution in [0, 0.1) is 0 Å². The second kappa shape index (κ2) is 30.9. The molecule has 0 aromatic heterocycles. The highest BCUT2D eigenvalue weighted by Crippen LogP contribution is 2.29. The van der Waals surface area contributed by atoms with Crippen LogP contribution in [0.3, 0.4) is 0 Å². The Kier molecular flexibility index (Phi) is 27.7. The third-order valence-electron chi connectivity index (χ3n) is 10.2. The van der Waals surface area contributed by atoms with Gasteiger partial charge in [-0.05, 0) is 57.8 Å². The average Bonchev–Trinajstić information content (AvgIpc) is 3.21. The fraction of sp³-hybridized carbons (Fsp3) is 0.791. The van der Waals surface area contributed by atoms with Crippen LogP contribution in [0.5, 0.6) is 0 Å². The lowest BCUT2D eigenvalue weighted by atomic mass is 9.97. The van der Waals surface area contributed by atoms with E-state index in [-0.39, 0.29) is 18.9 Å². The number of carbonyl (C=O) groups excluding carboxylic acids is 1. The van der Waals surface area contributed by atoms with Crippen molar-refractivity contribution in [3.05, 3.63) is 48.6 Å². The van der Waals surface area contributed by atoms with E-state index in [1.807, 2.05) is 6.08 Å². The van der Waals surface area contributed by atoms with E-state index in [0.29, 0.717) is 12.8 Å². The quantitative estimate of drug-likeness (QED) is 0.0375. The third kappa shape index (κ3) is 19.7. The van der Waals surface area contributed by atoms with Crippen molar-refractivity contribution >= 4 is 5.91 Å². The largest absolute Gasteiger partial charge is 0.394 e. The summed E-state index contributed by atoms with van der Waals surface area (Å²) in [6.45, 7) is 2.60. The summed E-state index contributed by atoms with van der Waals surface area (Å²) in [7, 11) is 0. The molecule has 2 rings (SSSR count). The predicted octanol–water partition coefficient (Wildman–Crippen LogP) is 3.37. The normalized spacial score (nSPS) is 29.6. The number of unbranched alkanes of at least 4 members (excludes halogenated alkanes) is 11. The van der Waals surface area contributed by atoms with Gasteiger partial charge in [-0.25, -0.2) is 0 Å². The van der Waals surface area contributed by atoms with E-state index in [9.17, 15) is 45.6 Å². The molecule has 330 valence electrons. The standard InChI is InChI=1S/C43H75NO13/c1-3-5-7-9-11-13-15-16-17-19-21-23-25-27-35(48)44-31(32(47)26-24-22-20-18-14-12-10-8-6-4-2)30-54-42-40(53)38(51)41(34(29-46)56-42)57-43-39(52)37(50)36(49)33(28-45)55-43/h7,9,13-15,18,24,26,31-34,36-43,45-47,49-53H,3-6,8,10-12,16-17,19-23,25,27-30H2,1-2H3,(H,44,48)/b9-7-,15-13-,18-14+,26-24+. The highest BCUT2D eigenvalue weighted by atomic mass is 16.7. The second-order valence-electron chi connectivity index (χ2n) is 15.1. The van der Waals surface area contributed by atoms with E-state index in [2.05, 4.69) is 55.6 Å². The zero-order valence-electron chi connectivity index (χ0n) is 34.3. The van der Waals surface area contributed by atoms with Crippen LogP contribution in [-0.2, 0) is 23.7 Å². The van der Waals surface area contributed by atoms with Crippen LogP contribution in [0.25, 0.3) is 0 Å².